The van der Waals surface area contributed by atoms with Crippen LogP contribution in [-0.2, 0) is 13.0 Å². The number of fused-ring (bicyclic) bond motifs is 3. The van der Waals surface area contributed by atoms with Gasteiger partial charge in [-0.2, -0.15) is 4.39 Å². The molecule has 3 aromatic rings. The minimum Gasteiger partial charge on any atom is -0.354 e. The molecule has 2 aliphatic rings. The molecule has 0 unspecified atom stereocenters. The second kappa shape index (κ2) is 8.87. The Morgan fingerprint density at radius 3 is 2.79 bits per heavy atom. The Hall–Kier alpha value is -3.78. The molecule has 3 heterocycles. The number of rotatable bonds is 4. The number of nitrogens with one attached hydrogen (secondary N) is 1. The Labute approximate surface area is 199 Å². The molecule has 0 saturated heterocycles. The summed E-state index contributed by atoms with van der Waals surface area (Å²) in [6, 6.07) is 9.61. The molecule has 2 aromatic heterocycles. The molecule has 0 spiro atoms. The molecule has 1 amide bonds. The highest BCUT2D eigenvalue weighted by atomic mass is 19.1. The van der Waals surface area contributed by atoms with Crippen molar-refractivity contribution in [1.29, 1.82) is 0 Å². The van der Waals surface area contributed by atoms with Crippen LogP contribution in [-0.4, -0.2) is 46.6 Å². The zero-order chi connectivity index (χ0) is 26.3. The van der Waals surface area contributed by atoms with Gasteiger partial charge in [0.25, 0.3) is 5.91 Å². The maximum Gasteiger partial charge on any atom is 0.269 e. The number of hydrogen-bond acceptors (Lipinski definition) is 5. The summed E-state index contributed by atoms with van der Waals surface area (Å²) in [6.45, 7) is -1.40. The molecule has 6 nitrogen and oxygen atoms in total. The minimum atomic E-state index is -2.70. The highest BCUT2D eigenvalue weighted by molar-refractivity contribution is 6.06. The smallest absolute Gasteiger partial charge is 0.269 e. The van der Waals surface area contributed by atoms with Crippen molar-refractivity contribution < 1.29 is 22.5 Å². The third kappa shape index (κ3) is 3.90. The SMILES string of the molecule is [2H]C([2H])([2H])NC(=O)c1ccc(C2=CCN(Cc3ccc4c(c3F)CC(=O)c3cccnc3-4)CC2)c(F)n1. The van der Waals surface area contributed by atoms with Gasteiger partial charge in [0.2, 0.25) is 5.95 Å². The van der Waals surface area contributed by atoms with Crippen LogP contribution >= 0.6 is 0 Å². The van der Waals surface area contributed by atoms with E-state index in [4.69, 9.17) is 4.11 Å². The van der Waals surface area contributed by atoms with Gasteiger partial charge < -0.3 is 5.32 Å². The average Bonchev–Trinajstić information content (AvgIpc) is 2.86. The summed E-state index contributed by atoms with van der Waals surface area (Å²) in [5, 5.41) is 1.78. The summed E-state index contributed by atoms with van der Waals surface area (Å²) in [4.78, 5) is 34.4. The van der Waals surface area contributed by atoms with E-state index in [1.807, 2.05) is 17.0 Å². The van der Waals surface area contributed by atoms with Crippen LogP contribution in [0.3, 0.4) is 0 Å². The number of Topliss-reactive ketones (excluding diaryl/α,β-unsaturated/α-hetero) is 1. The molecule has 1 aliphatic heterocycles. The lowest BCUT2D eigenvalue weighted by atomic mass is 9.86. The number of carbonyl (C=O) groups excluding carboxylic acids is 2. The number of halogens is 2. The van der Waals surface area contributed by atoms with Crippen molar-refractivity contribution in [1.82, 2.24) is 20.2 Å². The van der Waals surface area contributed by atoms with Gasteiger partial charge in [0.1, 0.15) is 11.5 Å². The predicted octanol–water partition coefficient (Wildman–Crippen LogP) is 3.81. The fourth-order valence-corrected chi connectivity index (χ4v) is 4.49. The summed E-state index contributed by atoms with van der Waals surface area (Å²) in [7, 11) is 0. The first kappa shape index (κ1) is 18.6. The number of pyridine rings is 2. The molecule has 0 fully saturated rings. The average molecular weight is 464 g/mol. The van der Waals surface area contributed by atoms with Gasteiger partial charge in [-0.1, -0.05) is 18.2 Å². The standard InChI is InChI=1S/C26H22F2N4O2/c1-29-26(34)21-7-6-17(25(28)31-21)15-8-11-32(12-9-15)14-16-4-5-18-20(23(16)27)13-22(33)19-3-2-10-30-24(18)19/h2-8,10H,9,11-14H2,1H3,(H,29,34)/i1D3. The van der Waals surface area contributed by atoms with E-state index >= 15 is 4.39 Å². The highest BCUT2D eigenvalue weighted by Crippen LogP contribution is 2.35. The van der Waals surface area contributed by atoms with Gasteiger partial charge in [0.15, 0.2) is 5.78 Å². The molecule has 0 atom stereocenters. The lowest BCUT2D eigenvalue weighted by Gasteiger charge is -2.27. The lowest BCUT2D eigenvalue weighted by molar-refractivity contribution is 0.0955. The summed E-state index contributed by atoms with van der Waals surface area (Å²) >= 11 is 0. The molecule has 172 valence electrons. The topological polar surface area (TPSA) is 75.2 Å². The molecule has 0 saturated carbocycles. The zero-order valence-corrected chi connectivity index (χ0v) is 18.1. The number of ketones is 1. The Morgan fingerprint density at radius 1 is 1.18 bits per heavy atom. The van der Waals surface area contributed by atoms with E-state index in [2.05, 4.69) is 9.97 Å². The van der Waals surface area contributed by atoms with E-state index in [-0.39, 0.29) is 23.5 Å². The Kier molecular flexibility index (Phi) is 4.86. The second-order valence-electron chi connectivity index (χ2n) is 8.27. The van der Waals surface area contributed by atoms with Gasteiger partial charge >= 0.3 is 0 Å². The van der Waals surface area contributed by atoms with Crippen LogP contribution in [0, 0.1) is 11.8 Å². The molecule has 0 bridgehead atoms. The number of nitrogens with zero attached hydrogens (tertiary/aromatic N) is 3. The first-order valence-electron chi connectivity index (χ1n) is 12.3. The second-order valence-corrected chi connectivity index (χ2v) is 8.27. The minimum absolute atomic E-state index is 0.00952. The molecule has 1 N–H and O–H groups in total. The Morgan fingerprint density at radius 2 is 2.03 bits per heavy atom. The van der Waals surface area contributed by atoms with Crippen molar-refractivity contribution in [2.24, 2.45) is 0 Å². The van der Waals surface area contributed by atoms with Crippen molar-refractivity contribution in [2.75, 3.05) is 20.1 Å². The van der Waals surface area contributed by atoms with E-state index < -0.39 is 24.6 Å². The molecular formula is C26H22F2N4O2. The van der Waals surface area contributed by atoms with Crippen LogP contribution < -0.4 is 5.32 Å². The largest absolute Gasteiger partial charge is 0.354 e. The van der Waals surface area contributed by atoms with Crippen LogP contribution in [0.5, 0.6) is 0 Å². The Bertz CT molecular complexity index is 1460. The van der Waals surface area contributed by atoms with E-state index in [0.29, 0.717) is 59.6 Å². The highest BCUT2D eigenvalue weighted by Gasteiger charge is 2.28. The van der Waals surface area contributed by atoms with Crippen LogP contribution in [0.4, 0.5) is 8.78 Å². The molecule has 0 radical (unpaired) electrons. The predicted molar refractivity (Wildman–Crippen MR) is 123 cm³/mol. The molecule has 5 rings (SSSR count). The van der Waals surface area contributed by atoms with Crippen LogP contribution in [0.15, 0.2) is 48.7 Å². The van der Waals surface area contributed by atoms with E-state index in [1.54, 1.807) is 29.7 Å². The summed E-state index contributed by atoms with van der Waals surface area (Å²) in [5.41, 5.74) is 3.08. The summed E-state index contributed by atoms with van der Waals surface area (Å²) in [6.07, 6.45) is 3.88. The number of amides is 1. The van der Waals surface area contributed by atoms with E-state index in [0.717, 1.165) is 0 Å². The van der Waals surface area contributed by atoms with E-state index in [9.17, 15) is 14.0 Å². The van der Waals surface area contributed by atoms with Gasteiger partial charge in [0.05, 0.1) is 5.69 Å². The van der Waals surface area contributed by atoms with Crippen molar-refractivity contribution >= 4 is 17.3 Å². The molecule has 1 aliphatic carbocycles. The summed E-state index contributed by atoms with van der Waals surface area (Å²) in [5.74, 6) is -2.41. The molecular weight excluding hydrogens is 438 g/mol. The van der Waals surface area contributed by atoms with Crippen molar-refractivity contribution in [3.05, 3.63) is 88.4 Å². The van der Waals surface area contributed by atoms with Crippen molar-refractivity contribution in [3.8, 4) is 11.3 Å². The zero-order valence-electron chi connectivity index (χ0n) is 21.1. The van der Waals surface area contributed by atoms with Gasteiger partial charge in [-0.25, -0.2) is 9.37 Å². The fourth-order valence-electron chi connectivity index (χ4n) is 4.49. The summed E-state index contributed by atoms with van der Waals surface area (Å²) < 4.78 is 51.4. The van der Waals surface area contributed by atoms with Crippen molar-refractivity contribution in [2.45, 2.75) is 19.4 Å². The molecule has 8 heteroatoms. The third-order valence-electron chi connectivity index (χ3n) is 6.25. The maximum atomic E-state index is 15.4. The van der Waals surface area contributed by atoms with Crippen LogP contribution in [0.2, 0.25) is 0 Å². The van der Waals surface area contributed by atoms with Crippen molar-refractivity contribution in [3.63, 3.8) is 0 Å². The Balaban J connectivity index is 1.30. The first-order valence-corrected chi connectivity index (χ1v) is 10.8. The van der Waals surface area contributed by atoms with Gasteiger partial charge in [-0.3, -0.25) is 19.5 Å². The number of carbonyl (C=O) groups is 2. The monoisotopic (exact) mass is 463 g/mol. The molecule has 34 heavy (non-hydrogen) atoms. The lowest BCUT2D eigenvalue weighted by Crippen LogP contribution is -2.29. The van der Waals surface area contributed by atoms with Gasteiger partial charge in [-0.15, -0.1) is 0 Å². The fraction of sp³-hybridized carbons (Fsp3) is 0.231. The number of aromatic nitrogens is 2. The molecule has 1 aromatic carbocycles. The first-order chi connectivity index (χ1) is 17.6. The van der Waals surface area contributed by atoms with Gasteiger partial charge in [-0.05, 0) is 36.3 Å². The quantitative estimate of drug-likeness (QED) is 0.596. The third-order valence-corrected chi connectivity index (χ3v) is 6.25. The maximum absolute atomic E-state index is 15.4. The van der Waals surface area contributed by atoms with Crippen LogP contribution in [0.1, 0.15) is 48.1 Å². The normalized spacial score (nSPS) is 17.1. The number of benzene rings is 1. The van der Waals surface area contributed by atoms with Gasteiger partial charge in [0, 0.05) is 71.2 Å². The van der Waals surface area contributed by atoms with E-state index in [1.165, 1.54) is 12.1 Å². The number of hydrogen-bond donors (Lipinski definition) is 1. The van der Waals surface area contributed by atoms with Crippen LogP contribution in [0.25, 0.3) is 16.8 Å².